The Hall–Kier alpha value is -1.67. The summed E-state index contributed by atoms with van der Waals surface area (Å²) in [6.07, 6.45) is 0. The molecule has 1 aromatic heterocycles. The van der Waals surface area contributed by atoms with Crippen LogP contribution in [0.2, 0.25) is 0 Å². The second-order valence-corrected chi connectivity index (χ2v) is 5.02. The van der Waals surface area contributed by atoms with Crippen molar-refractivity contribution in [2.24, 2.45) is 0 Å². The van der Waals surface area contributed by atoms with Crippen molar-refractivity contribution in [2.75, 3.05) is 0 Å². The van der Waals surface area contributed by atoms with E-state index >= 15 is 0 Å². The lowest BCUT2D eigenvalue weighted by Gasteiger charge is -2.07. The molecule has 17 heavy (non-hydrogen) atoms. The molecule has 0 amide bonds. The van der Waals surface area contributed by atoms with Gasteiger partial charge in [0.05, 0.1) is 0 Å². The van der Waals surface area contributed by atoms with E-state index in [1.165, 1.54) is 16.2 Å². The maximum atomic E-state index is 13.4. The van der Waals surface area contributed by atoms with Crippen molar-refractivity contribution in [1.29, 1.82) is 0 Å². The van der Waals surface area contributed by atoms with Crippen LogP contribution in [0.15, 0.2) is 47.8 Å². The van der Waals surface area contributed by atoms with Crippen molar-refractivity contribution in [3.8, 4) is 11.1 Å². The number of aryl methyl sites for hydroxylation is 1. The van der Waals surface area contributed by atoms with Crippen molar-refractivity contribution in [1.82, 2.24) is 0 Å². The highest BCUT2D eigenvalue weighted by molar-refractivity contribution is 7.17. The van der Waals surface area contributed by atoms with Crippen molar-refractivity contribution >= 4 is 21.4 Å². The molecule has 0 aliphatic rings. The largest absolute Gasteiger partial charge is 0.207 e. The first-order valence-corrected chi connectivity index (χ1v) is 6.36. The molecule has 0 nitrogen and oxygen atoms in total. The predicted octanol–water partition coefficient (Wildman–Crippen LogP) is 5.02. The van der Waals surface area contributed by atoms with Crippen molar-refractivity contribution in [3.05, 3.63) is 59.2 Å². The molecule has 3 aromatic rings. The molecule has 2 heteroatoms. The highest BCUT2D eigenvalue weighted by atomic mass is 32.1. The van der Waals surface area contributed by atoms with Crippen molar-refractivity contribution in [3.63, 3.8) is 0 Å². The molecule has 0 saturated heterocycles. The third-order valence-electron chi connectivity index (χ3n) is 2.97. The van der Waals surface area contributed by atoms with Crippen LogP contribution in [0.25, 0.3) is 21.2 Å². The fraction of sp³-hybridized carbons (Fsp3) is 0.0667. The zero-order chi connectivity index (χ0) is 11.8. The SMILES string of the molecule is Cc1ccc(F)cc1-c1cccc2ccsc12. The lowest BCUT2D eigenvalue weighted by molar-refractivity contribution is 0.628. The van der Waals surface area contributed by atoms with Crippen LogP contribution in [0.4, 0.5) is 4.39 Å². The Bertz CT molecular complexity index is 682. The number of halogens is 1. The van der Waals surface area contributed by atoms with E-state index in [1.54, 1.807) is 17.4 Å². The Morgan fingerprint density at radius 3 is 2.76 bits per heavy atom. The van der Waals surface area contributed by atoms with Gasteiger partial charge < -0.3 is 0 Å². The number of fused-ring (bicyclic) bond motifs is 1. The van der Waals surface area contributed by atoms with E-state index in [1.807, 2.05) is 19.1 Å². The third kappa shape index (κ3) is 1.75. The summed E-state index contributed by atoms with van der Waals surface area (Å²) in [7, 11) is 0. The molecule has 0 aliphatic carbocycles. The quantitative estimate of drug-likeness (QED) is 0.562. The van der Waals surface area contributed by atoms with E-state index in [0.717, 1.165) is 16.7 Å². The van der Waals surface area contributed by atoms with Crippen LogP contribution in [-0.4, -0.2) is 0 Å². The van der Waals surface area contributed by atoms with Crippen LogP contribution in [-0.2, 0) is 0 Å². The second kappa shape index (κ2) is 3.97. The van der Waals surface area contributed by atoms with E-state index in [4.69, 9.17) is 0 Å². The highest BCUT2D eigenvalue weighted by Gasteiger charge is 2.08. The smallest absolute Gasteiger partial charge is 0.123 e. The molecule has 0 fully saturated rings. The molecule has 0 atom stereocenters. The van der Waals surface area contributed by atoms with E-state index in [2.05, 4.69) is 23.6 Å². The van der Waals surface area contributed by atoms with Crippen molar-refractivity contribution in [2.45, 2.75) is 6.92 Å². The van der Waals surface area contributed by atoms with Gasteiger partial charge >= 0.3 is 0 Å². The first kappa shape index (κ1) is 10.5. The average molecular weight is 242 g/mol. The Labute approximate surface area is 103 Å². The summed E-state index contributed by atoms with van der Waals surface area (Å²) < 4.78 is 14.6. The van der Waals surface area contributed by atoms with Crippen LogP contribution < -0.4 is 0 Å². The fourth-order valence-corrected chi connectivity index (χ4v) is 3.02. The zero-order valence-corrected chi connectivity index (χ0v) is 10.2. The Morgan fingerprint density at radius 2 is 1.88 bits per heavy atom. The molecule has 2 aromatic carbocycles. The van der Waals surface area contributed by atoms with Crippen LogP contribution in [0.1, 0.15) is 5.56 Å². The summed E-state index contributed by atoms with van der Waals surface area (Å²) in [5, 5.41) is 3.29. The van der Waals surface area contributed by atoms with E-state index in [-0.39, 0.29) is 5.82 Å². The summed E-state index contributed by atoms with van der Waals surface area (Å²) >= 11 is 1.70. The first-order valence-electron chi connectivity index (χ1n) is 5.48. The molecule has 1 heterocycles. The monoisotopic (exact) mass is 242 g/mol. The van der Waals surface area contributed by atoms with Gasteiger partial charge in [-0.1, -0.05) is 24.3 Å². The maximum Gasteiger partial charge on any atom is 0.123 e. The number of hydrogen-bond donors (Lipinski definition) is 0. The van der Waals surface area contributed by atoms with Gasteiger partial charge in [-0.15, -0.1) is 11.3 Å². The van der Waals surface area contributed by atoms with Crippen LogP contribution in [0.3, 0.4) is 0 Å². The average Bonchev–Trinajstić information content (AvgIpc) is 2.80. The molecule has 0 unspecified atom stereocenters. The molecule has 0 bridgehead atoms. The number of hydrogen-bond acceptors (Lipinski definition) is 1. The maximum absolute atomic E-state index is 13.4. The van der Waals surface area contributed by atoms with Crippen LogP contribution in [0, 0.1) is 12.7 Å². The van der Waals surface area contributed by atoms with E-state index < -0.39 is 0 Å². The number of rotatable bonds is 1. The normalized spacial score (nSPS) is 10.9. The Morgan fingerprint density at radius 1 is 1.00 bits per heavy atom. The van der Waals surface area contributed by atoms with Gasteiger partial charge in [-0.05, 0) is 52.6 Å². The van der Waals surface area contributed by atoms with Gasteiger partial charge in [-0.25, -0.2) is 4.39 Å². The molecular weight excluding hydrogens is 231 g/mol. The molecule has 84 valence electrons. The van der Waals surface area contributed by atoms with Gasteiger partial charge in [0.2, 0.25) is 0 Å². The molecular formula is C15H11FS. The topological polar surface area (TPSA) is 0 Å². The molecule has 0 aliphatic heterocycles. The van der Waals surface area contributed by atoms with Crippen LogP contribution >= 0.6 is 11.3 Å². The van der Waals surface area contributed by atoms with Gasteiger partial charge in [0.15, 0.2) is 0 Å². The summed E-state index contributed by atoms with van der Waals surface area (Å²) in [5.74, 6) is -0.181. The van der Waals surface area contributed by atoms with Gasteiger partial charge in [0, 0.05) is 4.70 Å². The van der Waals surface area contributed by atoms with E-state index in [9.17, 15) is 4.39 Å². The third-order valence-corrected chi connectivity index (χ3v) is 3.93. The summed E-state index contributed by atoms with van der Waals surface area (Å²) in [6, 6.07) is 13.2. The lowest BCUT2D eigenvalue weighted by Crippen LogP contribution is -1.85. The fourth-order valence-electron chi connectivity index (χ4n) is 2.09. The first-order chi connectivity index (χ1) is 8.25. The number of benzene rings is 2. The molecule has 0 spiro atoms. The minimum atomic E-state index is -0.181. The Balaban J connectivity index is 2.34. The second-order valence-electron chi connectivity index (χ2n) is 4.10. The van der Waals surface area contributed by atoms with Gasteiger partial charge in [-0.2, -0.15) is 0 Å². The minimum absolute atomic E-state index is 0.181. The molecule has 0 N–H and O–H groups in total. The van der Waals surface area contributed by atoms with Gasteiger partial charge in [0.1, 0.15) is 5.82 Å². The van der Waals surface area contributed by atoms with Crippen molar-refractivity contribution < 1.29 is 4.39 Å². The summed E-state index contributed by atoms with van der Waals surface area (Å²) in [5.41, 5.74) is 3.21. The molecule has 0 saturated carbocycles. The van der Waals surface area contributed by atoms with Crippen LogP contribution in [0.5, 0.6) is 0 Å². The summed E-state index contributed by atoms with van der Waals surface area (Å²) in [6.45, 7) is 2.02. The molecule has 0 radical (unpaired) electrons. The van der Waals surface area contributed by atoms with Gasteiger partial charge in [-0.3, -0.25) is 0 Å². The number of thiophene rings is 1. The summed E-state index contributed by atoms with van der Waals surface area (Å²) in [4.78, 5) is 0. The van der Waals surface area contributed by atoms with E-state index in [0.29, 0.717) is 0 Å². The molecule has 3 rings (SSSR count). The lowest BCUT2D eigenvalue weighted by atomic mass is 9.99. The zero-order valence-electron chi connectivity index (χ0n) is 9.41. The highest BCUT2D eigenvalue weighted by Crippen LogP contribution is 2.34. The predicted molar refractivity (Wildman–Crippen MR) is 72.0 cm³/mol. The standard InChI is InChI=1S/C15H11FS/c1-10-5-6-12(16)9-14(10)13-4-2-3-11-7-8-17-15(11)13/h2-9H,1H3. The van der Waals surface area contributed by atoms with Gasteiger partial charge in [0.25, 0.3) is 0 Å². The minimum Gasteiger partial charge on any atom is -0.207 e. The Kier molecular flexibility index (Phi) is 2.45.